The summed E-state index contributed by atoms with van der Waals surface area (Å²) in [5.74, 6) is -4.42. The first-order chi connectivity index (χ1) is 16.9. The van der Waals surface area contributed by atoms with Crippen molar-refractivity contribution >= 4 is 32.7 Å². The molecule has 1 saturated heterocycles. The summed E-state index contributed by atoms with van der Waals surface area (Å²) in [6.07, 6.45) is 2.67. The third kappa shape index (κ3) is 4.27. The van der Waals surface area contributed by atoms with Gasteiger partial charge in [0.15, 0.2) is 21.3 Å². The van der Waals surface area contributed by atoms with Gasteiger partial charge in [-0.2, -0.15) is 8.78 Å². The third-order valence-electron chi connectivity index (χ3n) is 6.01. The van der Waals surface area contributed by atoms with E-state index in [-0.39, 0.29) is 16.3 Å². The lowest BCUT2D eigenvalue weighted by atomic mass is 10.2. The molecule has 8 nitrogen and oxygen atoms in total. The van der Waals surface area contributed by atoms with E-state index in [1.165, 1.54) is 31.4 Å². The molecule has 0 saturated carbocycles. The van der Waals surface area contributed by atoms with E-state index in [9.17, 15) is 9.59 Å². The topological polar surface area (TPSA) is 93.0 Å². The second-order valence-corrected chi connectivity index (χ2v) is 9.25. The van der Waals surface area contributed by atoms with Gasteiger partial charge in [0.25, 0.3) is 5.56 Å². The zero-order chi connectivity index (χ0) is 24.6. The Balaban J connectivity index is 1.44. The lowest BCUT2D eigenvalue weighted by molar-refractivity contribution is -0.122. The smallest absolute Gasteiger partial charge is 0.346 e. The van der Waals surface area contributed by atoms with Crippen LogP contribution in [0.1, 0.15) is 29.9 Å². The number of amides is 1. The molecular weight excluding hydrogens is 474 g/mol. The number of rotatable bonds is 6. The molecule has 1 aliphatic rings. The molecule has 0 aliphatic carbocycles. The van der Waals surface area contributed by atoms with Gasteiger partial charge in [0, 0.05) is 26.3 Å². The van der Waals surface area contributed by atoms with Crippen LogP contribution in [0.15, 0.2) is 59.5 Å². The van der Waals surface area contributed by atoms with E-state index < -0.39 is 29.0 Å². The van der Waals surface area contributed by atoms with Crippen LogP contribution in [-0.2, 0) is 24.3 Å². The van der Waals surface area contributed by atoms with Crippen molar-refractivity contribution < 1.29 is 13.6 Å². The average molecular weight is 497 g/mol. The number of nitrogens with one attached hydrogen (secondary N) is 1. The Kier molecular flexibility index (Phi) is 6.01. The highest BCUT2D eigenvalue weighted by atomic mass is 32.1. The highest BCUT2D eigenvalue weighted by Gasteiger charge is 2.41. The second-order valence-electron chi connectivity index (χ2n) is 8.29. The number of carbonyl (C=O) groups excluding carboxylic acids is 1. The van der Waals surface area contributed by atoms with Crippen LogP contribution in [0.25, 0.3) is 10.3 Å². The number of hydrogen-bond donors (Lipinski definition) is 1. The molecule has 0 radical (unpaired) electrons. The van der Waals surface area contributed by atoms with Crippen molar-refractivity contribution in [3.05, 3.63) is 82.2 Å². The number of thiazole rings is 1. The van der Waals surface area contributed by atoms with Crippen LogP contribution >= 0.6 is 11.3 Å². The summed E-state index contributed by atoms with van der Waals surface area (Å²) in [6.45, 7) is 0.971. The SMILES string of the molecule is Cn1c(C(F)(F)c2ccccn2)nc2sc(N3CCCC3C(=O)NCc3ccccc3)nc2c1=O. The summed E-state index contributed by atoms with van der Waals surface area (Å²) < 4.78 is 31.2. The molecule has 1 aliphatic heterocycles. The highest BCUT2D eigenvalue weighted by Crippen LogP contribution is 2.36. The first kappa shape index (κ1) is 23.0. The van der Waals surface area contributed by atoms with Crippen molar-refractivity contribution in [1.29, 1.82) is 0 Å². The number of carbonyl (C=O) groups is 1. The molecule has 1 fully saturated rings. The van der Waals surface area contributed by atoms with E-state index in [4.69, 9.17) is 0 Å². The van der Waals surface area contributed by atoms with Crippen molar-refractivity contribution in [2.24, 2.45) is 7.05 Å². The van der Waals surface area contributed by atoms with Gasteiger partial charge in [0.05, 0.1) is 0 Å². The molecule has 0 spiro atoms. The minimum absolute atomic E-state index is 0.00316. The van der Waals surface area contributed by atoms with Crippen LogP contribution < -0.4 is 15.8 Å². The molecule has 1 unspecified atom stereocenters. The Labute approximate surface area is 203 Å². The maximum atomic E-state index is 15.2. The van der Waals surface area contributed by atoms with Crippen LogP contribution in [0.5, 0.6) is 0 Å². The van der Waals surface area contributed by atoms with Gasteiger partial charge in [-0.15, -0.1) is 0 Å². The molecule has 0 bridgehead atoms. The van der Waals surface area contributed by atoms with E-state index in [0.29, 0.717) is 24.6 Å². The Morgan fingerprint density at radius 2 is 1.94 bits per heavy atom. The van der Waals surface area contributed by atoms with Crippen LogP contribution in [0.4, 0.5) is 13.9 Å². The van der Waals surface area contributed by atoms with Gasteiger partial charge in [-0.1, -0.05) is 47.7 Å². The number of fused-ring (bicyclic) bond motifs is 1. The summed E-state index contributed by atoms with van der Waals surface area (Å²) in [7, 11) is 1.25. The van der Waals surface area contributed by atoms with Crippen LogP contribution in [-0.4, -0.2) is 38.0 Å². The van der Waals surface area contributed by atoms with E-state index in [0.717, 1.165) is 27.9 Å². The molecule has 3 aromatic heterocycles. The van der Waals surface area contributed by atoms with Crippen molar-refractivity contribution in [3.8, 4) is 0 Å². The standard InChI is InChI=1S/C24H22F2N6O2S/c1-31-21(34)18-20(30-22(31)24(25,26)17-11-5-6-12-27-17)35-23(29-18)32-13-7-10-16(32)19(33)28-14-15-8-3-2-4-9-15/h2-6,8-9,11-12,16H,7,10,13-14H2,1H3,(H,28,33). The lowest BCUT2D eigenvalue weighted by Crippen LogP contribution is -2.43. The van der Waals surface area contributed by atoms with Crippen molar-refractivity contribution in [3.63, 3.8) is 0 Å². The number of benzene rings is 1. The molecule has 35 heavy (non-hydrogen) atoms. The Bertz CT molecular complexity index is 1420. The second kappa shape index (κ2) is 9.14. The fourth-order valence-corrected chi connectivity index (χ4v) is 5.19. The molecule has 180 valence electrons. The number of nitrogens with zero attached hydrogens (tertiary/aromatic N) is 5. The van der Waals surface area contributed by atoms with Gasteiger partial charge >= 0.3 is 5.92 Å². The average Bonchev–Trinajstić information content (AvgIpc) is 3.53. The van der Waals surface area contributed by atoms with Crippen LogP contribution in [0.2, 0.25) is 0 Å². The van der Waals surface area contributed by atoms with E-state index >= 15 is 8.78 Å². The van der Waals surface area contributed by atoms with E-state index in [1.807, 2.05) is 35.2 Å². The minimum atomic E-state index is -3.57. The van der Waals surface area contributed by atoms with Crippen molar-refractivity contribution in [2.75, 3.05) is 11.4 Å². The van der Waals surface area contributed by atoms with Gasteiger partial charge in [-0.25, -0.2) is 9.97 Å². The number of anilines is 1. The van der Waals surface area contributed by atoms with Crippen LogP contribution in [0, 0.1) is 0 Å². The van der Waals surface area contributed by atoms with Crippen molar-refractivity contribution in [2.45, 2.75) is 31.4 Å². The number of hydrogen-bond acceptors (Lipinski definition) is 7. The molecule has 4 aromatic rings. The van der Waals surface area contributed by atoms with Gasteiger partial charge in [0.2, 0.25) is 5.91 Å². The normalized spacial score (nSPS) is 16.1. The summed E-state index contributed by atoms with van der Waals surface area (Å²) in [5, 5.41) is 3.37. The molecule has 1 atom stereocenters. The lowest BCUT2D eigenvalue weighted by Gasteiger charge is -2.23. The van der Waals surface area contributed by atoms with Gasteiger partial charge < -0.3 is 10.2 Å². The zero-order valence-corrected chi connectivity index (χ0v) is 19.6. The fraction of sp³-hybridized carbons (Fsp3) is 0.292. The maximum Gasteiger partial charge on any atom is 0.346 e. The summed E-state index contributed by atoms with van der Waals surface area (Å²) in [6, 6.07) is 13.3. The largest absolute Gasteiger partial charge is 0.350 e. The summed E-state index contributed by atoms with van der Waals surface area (Å²) >= 11 is 1.04. The molecule has 5 rings (SSSR count). The van der Waals surface area contributed by atoms with E-state index in [1.54, 1.807) is 0 Å². The first-order valence-electron chi connectivity index (χ1n) is 11.1. The number of aromatic nitrogens is 4. The molecular formula is C24H22F2N6O2S. The van der Waals surface area contributed by atoms with Gasteiger partial charge in [-0.05, 0) is 30.5 Å². The quantitative estimate of drug-likeness (QED) is 0.441. The van der Waals surface area contributed by atoms with E-state index in [2.05, 4.69) is 20.3 Å². The predicted molar refractivity (Wildman–Crippen MR) is 129 cm³/mol. The number of alkyl halides is 2. The fourth-order valence-electron chi connectivity index (χ4n) is 4.18. The Morgan fingerprint density at radius 3 is 2.69 bits per heavy atom. The van der Waals surface area contributed by atoms with Gasteiger partial charge in [-0.3, -0.25) is 19.1 Å². The summed E-state index contributed by atoms with van der Waals surface area (Å²) in [5.41, 5.74) is -0.184. The maximum absolute atomic E-state index is 15.2. The predicted octanol–water partition coefficient (Wildman–Crippen LogP) is 3.21. The Hall–Kier alpha value is -3.73. The zero-order valence-electron chi connectivity index (χ0n) is 18.8. The third-order valence-corrected chi connectivity index (χ3v) is 6.99. The molecule has 1 aromatic carbocycles. The number of pyridine rings is 1. The monoisotopic (exact) mass is 496 g/mol. The molecule has 1 amide bonds. The number of halogens is 2. The highest BCUT2D eigenvalue weighted by molar-refractivity contribution is 7.21. The molecule has 11 heteroatoms. The summed E-state index contributed by atoms with van der Waals surface area (Å²) in [4.78, 5) is 40.1. The van der Waals surface area contributed by atoms with Crippen LogP contribution in [0.3, 0.4) is 0 Å². The first-order valence-corrected chi connectivity index (χ1v) is 11.9. The minimum Gasteiger partial charge on any atom is -0.350 e. The van der Waals surface area contributed by atoms with Gasteiger partial charge in [0.1, 0.15) is 11.7 Å². The molecule has 4 heterocycles. The molecule has 1 N–H and O–H groups in total. The van der Waals surface area contributed by atoms with Crippen molar-refractivity contribution in [1.82, 2.24) is 24.8 Å². The Morgan fingerprint density at radius 1 is 1.17 bits per heavy atom.